The van der Waals surface area contributed by atoms with Crippen molar-refractivity contribution in [2.45, 2.75) is 32.2 Å². The molecule has 0 saturated heterocycles. The van der Waals surface area contributed by atoms with Crippen LogP contribution in [0.4, 0.5) is 0 Å². The number of hydrogen-bond donors (Lipinski definition) is 3. The van der Waals surface area contributed by atoms with Crippen molar-refractivity contribution >= 4 is 5.78 Å². The highest BCUT2D eigenvalue weighted by atomic mass is 16.5. The fraction of sp³-hybridized carbons (Fsp3) is 0.381. The summed E-state index contributed by atoms with van der Waals surface area (Å²) in [5.74, 6) is 0.897. The van der Waals surface area contributed by atoms with Gasteiger partial charge in [-0.15, -0.1) is 0 Å². The average molecular weight is 388 g/mol. The largest absolute Gasteiger partial charge is 0.496 e. The summed E-state index contributed by atoms with van der Waals surface area (Å²) in [6.45, 7) is -0.868. The third-order valence-corrected chi connectivity index (χ3v) is 5.24. The van der Waals surface area contributed by atoms with Crippen LogP contribution in [0.2, 0.25) is 0 Å². The molecule has 2 aromatic carbocycles. The van der Waals surface area contributed by atoms with Crippen LogP contribution in [-0.4, -0.2) is 42.4 Å². The van der Waals surface area contributed by atoms with Gasteiger partial charge in [-0.05, 0) is 29.3 Å². The summed E-state index contributed by atoms with van der Waals surface area (Å²) >= 11 is 0. The van der Waals surface area contributed by atoms with Gasteiger partial charge in [0.25, 0.3) is 0 Å². The predicted octanol–water partition coefficient (Wildman–Crippen LogP) is 1.91. The number of ether oxygens (including phenoxy) is 3. The van der Waals surface area contributed by atoms with Gasteiger partial charge in [0.2, 0.25) is 0 Å². The van der Waals surface area contributed by atoms with Crippen molar-refractivity contribution in [1.29, 1.82) is 0 Å². The second-order valence-corrected chi connectivity index (χ2v) is 6.58. The predicted molar refractivity (Wildman–Crippen MR) is 101 cm³/mol. The highest BCUT2D eigenvalue weighted by Gasteiger charge is 2.36. The van der Waals surface area contributed by atoms with Crippen molar-refractivity contribution in [1.82, 2.24) is 0 Å². The Morgan fingerprint density at radius 3 is 2.11 bits per heavy atom. The summed E-state index contributed by atoms with van der Waals surface area (Å²) in [5, 5.41) is 29.2. The van der Waals surface area contributed by atoms with Crippen molar-refractivity contribution in [2.75, 3.05) is 21.3 Å². The minimum Gasteiger partial charge on any atom is -0.496 e. The zero-order valence-corrected chi connectivity index (χ0v) is 16.1. The van der Waals surface area contributed by atoms with Gasteiger partial charge in [-0.1, -0.05) is 0 Å². The van der Waals surface area contributed by atoms with E-state index < -0.39 is 0 Å². The summed E-state index contributed by atoms with van der Waals surface area (Å²) in [7, 11) is 4.48. The van der Waals surface area contributed by atoms with E-state index in [0.29, 0.717) is 45.1 Å². The fourth-order valence-corrected chi connectivity index (χ4v) is 3.96. The topological polar surface area (TPSA) is 105 Å². The van der Waals surface area contributed by atoms with E-state index in [-0.39, 0.29) is 37.9 Å². The summed E-state index contributed by atoms with van der Waals surface area (Å²) in [6.07, 6.45) is 0.214. The number of aliphatic hydroxyl groups is 3. The number of fused-ring (bicyclic) bond motifs is 1. The van der Waals surface area contributed by atoms with Gasteiger partial charge in [-0.2, -0.15) is 0 Å². The van der Waals surface area contributed by atoms with Crippen molar-refractivity contribution < 1.29 is 34.3 Å². The van der Waals surface area contributed by atoms with Crippen LogP contribution >= 0.6 is 0 Å². The molecule has 3 rings (SSSR count). The molecule has 7 heteroatoms. The fourth-order valence-electron chi connectivity index (χ4n) is 3.96. The van der Waals surface area contributed by atoms with E-state index in [2.05, 4.69) is 0 Å². The minimum atomic E-state index is -0.333. The van der Waals surface area contributed by atoms with Gasteiger partial charge in [0, 0.05) is 34.6 Å². The number of Topliss-reactive ketones (excluding diaryl/α,β-unsaturated/α-hetero) is 1. The highest BCUT2D eigenvalue weighted by molar-refractivity contribution is 6.03. The van der Waals surface area contributed by atoms with E-state index in [9.17, 15) is 20.1 Å². The van der Waals surface area contributed by atoms with E-state index in [1.807, 2.05) is 0 Å². The van der Waals surface area contributed by atoms with E-state index in [1.165, 1.54) is 21.3 Å². The SMILES string of the molecule is COc1cc(C2CC(=O)c3cc(CO)c(CO)c(OC)c32)cc(CO)c1OC. The van der Waals surface area contributed by atoms with E-state index in [1.54, 1.807) is 18.2 Å². The molecule has 150 valence electrons. The second-order valence-electron chi connectivity index (χ2n) is 6.58. The third kappa shape index (κ3) is 3.11. The van der Waals surface area contributed by atoms with Crippen LogP contribution < -0.4 is 14.2 Å². The molecule has 7 nitrogen and oxygen atoms in total. The summed E-state index contributed by atoms with van der Waals surface area (Å²) < 4.78 is 16.3. The molecule has 3 N–H and O–H groups in total. The number of rotatable bonds is 7. The van der Waals surface area contributed by atoms with Crippen molar-refractivity contribution in [3.05, 3.63) is 51.6 Å². The van der Waals surface area contributed by atoms with E-state index in [4.69, 9.17) is 14.2 Å². The molecule has 0 fully saturated rings. The van der Waals surface area contributed by atoms with E-state index >= 15 is 0 Å². The lowest BCUT2D eigenvalue weighted by atomic mass is 9.88. The molecule has 0 aromatic heterocycles. The monoisotopic (exact) mass is 388 g/mol. The third-order valence-electron chi connectivity index (χ3n) is 5.24. The minimum absolute atomic E-state index is 0.0715. The van der Waals surface area contributed by atoms with Crippen LogP contribution in [0.5, 0.6) is 17.2 Å². The van der Waals surface area contributed by atoms with Crippen LogP contribution in [0.25, 0.3) is 0 Å². The molecule has 2 aromatic rings. The number of carbonyl (C=O) groups excluding carboxylic acids is 1. The maximum atomic E-state index is 12.7. The lowest BCUT2D eigenvalue weighted by Gasteiger charge is -2.21. The Kier molecular flexibility index (Phi) is 5.88. The number of benzene rings is 2. The zero-order valence-electron chi connectivity index (χ0n) is 16.1. The number of carbonyl (C=O) groups is 1. The number of aliphatic hydroxyl groups excluding tert-OH is 3. The Morgan fingerprint density at radius 2 is 1.57 bits per heavy atom. The average Bonchev–Trinajstić information content (AvgIpc) is 3.07. The lowest BCUT2D eigenvalue weighted by molar-refractivity contribution is 0.0991. The van der Waals surface area contributed by atoms with Gasteiger partial charge in [0.15, 0.2) is 17.3 Å². The highest BCUT2D eigenvalue weighted by Crippen LogP contribution is 2.48. The first-order valence-corrected chi connectivity index (χ1v) is 8.87. The first-order valence-electron chi connectivity index (χ1n) is 8.87. The normalized spacial score (nSPS) is 15.5. The number of methoxy groups -OCH3 is 3. The molecule has 1 aliphatic rings. The molecular weight excluding hydrogens is 364 g/mol. The van der Waals surface area contributed by atoms with Crippen LogP contribution in [0.3, 0.4) is 0 Å². The molecule has 0 spiro atoms. The molecule has 1 unspecified atom stereocenters. The zero-order chi connectivity index (χ0) is 20.4. The summed E-state index contributed by atoms with van der Waals surface area (Å²) in [5.41, 5.74) is 3.40. The van der Waals surface area contributed by atoms with Crippen molar-refractivity contribution in [2.24, 2.45) is 0 Å². The Hall–Kier alpha value is -2.61. The summed E-state index contributed by atoms with van der Waals surface area (Å²) in [4.78, 5) is 12.7. The van der Waals surface area contributed by atoms with Gasteiger partial charge >= 0.3 is 0 Å². The van der Waals surface area contributed by atoms with E-state index in [0.717, 1.165) is 5.56 Å². The lowest BCUT2D eigenvalue weighted by Crippen LogP contribution is -2.07. The number of hydrogen-bond acceptors (Lipinski definition) is 7. The number of ketones is 1. The first-order chi connectivity index (χ1) is 13.5. The van der Waals surface area contributed by atoms with Crippen LogP contribution in [-0.2, 0) is 19.8 Å². The van der Waals surface area contributed by atoms with Crippen LogP contribution in [0, 0.1) is 0 Å². The first kappa shape index (κ1) is 20.1. The van der Waals surface area contributed by atoms with Gasteiger partial charge in [-0.3, -0.25) is 4.79 Å². The van der Waals surface area contributed by atoms with Crippen LogP contribution in [0.15, 0.2) is 18.2 Å². The maximum absolute atomic E-state index is 12.7. The molecule has 0 heterocycles. The van der Waals surface area contributed by atoms with Gasteiger partial charge in [0.1, 0.15) is 5.75 Å². The molecule has 1 aliphatic carbocycles. The second kappa shape index (κ2) is 8.18. The molecule has 1 atom stereocenters. The van der Waals surface area contributed by atoms with Gasteiger partial charge < -0.3 is 29.5 Å². The molecule has 0 bridgehead atoms. The standard InChI is InChI=1S/C21H24O7/c1-26-18-6-11(4-13(9-23)20(18)27-2)14-7-17(25)15-5-12(8-22)16(10-24)21(28-3)19(14)15/h4-6,14,22-24H,7-10H2,1-3H3. The summed E-state index contributed by atoms with van der Waals surface area (Å²) in [6, 6.07) is 5.19. The van der Waals surface area contributed by atoms with Crippen molar-refractivity contribution in [3.63, 3.8) is 0 Å². The Bertz CT molecular complexity index is 879. The van der Waals surface area contributed by atoms with Gasteiger partial charge in [-0.25, -0.2) is 0 Å². The molecule has 28 heavy (non-hydrogen) atoms. The Labute approximate surface area is 163 Å². The smallest absolute Gasteiger partial charge is 0.166 e. The molecule has 0 radical (unpaired) electrons. The molecular formula is C21H24O7. The maximum Gasteiger partial charge on any atom is 0.166 e. The van der Waals surface area contributed by atoms with Crippen LogP contribution in [0.1, 0.15) is 50.5 Å². The molecule has 0 amide bonds. The molecule has 0 saturated carbocycles. The quantitative estimate of drug-likeness (QED) is 0.665. The Morgan fingerprint density at radius 1 is 0.893 bits per heavy atom. The Balaban J connectivity index is 2.25. The van der Waals surface area contributed by atoms with Crippen molar-refractivity contribution in [3.8, 4) is 17.2 Å². The van der Waals surface area contributed by atoms with Gasteiger partial charge in [0.05, 0.1) is 41.2 Å². The molecule has 0 aliphatic heterocycles.